The highest BCUT2D eigenvalue weighted by Gasteiger charge is 2.14. The van der Waals surface area contributed by atoms with Gasteiger partial charge in [0.1, 0.15) is 5.69 Å². The van der Waals surface area contributed by atoms with Gasteiger partial charge in [-0.05, 0) is 15.9 Å². The van der Waals surface area contributed by atoms with Gasteiger partial charge in [-0.25, -0.2) is 0 Å². The molecule has 1 heterocycles. The standard InChI is InChI=1S/C9H14BrN3O2/c1-13-9(7(10)5-12-13)8(14)6-11-3-4-15-2/h5,11H,3-4,6H2,1-2H3. The van der Waals surface area contributed by atoms with Crippen molar-refractivity contribution in [2.75, 3.05) is 26.8 Å². The van der Waals surface area contributed by atoms with Crippen LogP contribution in [0.3, 0.4) is 0 Å². The van der Waals surface area contributed by atoms with E-state index in [1.807, 2.05) is 0 Å². The zero-order valence-electron chi connectivity index (χ0n) is 8.79. The van der Waals surface area contributed by atoms with Gasteiger partial charge >= 0.3 is 0 Å². The Morgan fingerprint density at radius 3 is 3.00 bits per heavy atom. The summed E-state index contributed by atoms with van der Waals surface area (Å²) in [5, 5.41) is 6.97. The van der Waals surface area contributed by atoms with Crippen molar-refractivity contribution in [1.82, 2.24) is 15.1 Å². The second kappa shape index (κ2) is 5.99. The third kappa shape index (κ3) is 3.40. The van der Waals surface area contributed by atoms with Crippen molar-refractivity contribution in [3.05, 3.63) is 16.4 Å². The molecule has 1 aromatic rings. The van der Waals surface area contributed by atoms with E-state index in [0.717, 1.165) is 4.47 Å². The fraction of sp³-hybridized carbons (Fsp3) is 0.556. The first-order chi connectivity index (χ1) is 7.16. The molecule has 0 radical (unpaired) electrons. The maximum atomic E-state index is 11.7. The Morgan fingerprint density at radius 1 is 1.73 bits per heavy atom. The molecule has 0 amide bonds. The number of nitrogens with one attached hydrogen (secondary N) is 1. The van der Waals surface area contributed by atoms with E-state index in [1.165, 1.54) is 0 Å². The minimum Gasteiger partial charge on any atom is -0.383 e. The lowest BCUT2D eigenvalue weighted by molar-refractivity contribution is 0.0978. The topological polar surface area (TPSA) is 56.1 Å². The number of Topliss-reactive ketones (excluding diaryl/α,β-unsaturated/α-hetero) is 1. The highest BCUT2D eigenvalue weighted by molar-refractivity contribution is 9.10. The predicted molar refractivity (Wildman–Crippen MR) is 60.0 cm³/mol. The molecule has 0 bridgehead atoms. The van der Waals surface area contributed by atoms with Crippen LogP contribution in [0.5, 0.6) is 0 Å². The third-order valence-electron chi connectivity index (χ3n) is 1.93. The van der Waals surface area contributed by atoms with E-state index in [1.54, 1.807) is 25.0 Å². The number of hydrogen-bond donors (Lipinski definition) is 1. The number of rotatable bonds is 6. The fourth-order valence-electron chi connectivity index (χ4n) is 1.18. The van der Waals surface area contributed by atoms with Crippen LogP contribution in [-0.4, -0.2) is 42.4 Å². The van der Waals surface area contributed by atoms with Crippen LogP contribution in [-0.2, 0) is 11.8 Å². The number of methoxy groups -OCH3 is 1. The molecule has 1 aromatic heterocycles. The number of aryl methyl sites for hydroxylation is 1. The first-order valence-electron chi connectivity index (χ1n) is 4.57. The Bertz CT molecular complexity index is 319. The van der Waals surface area contributed by atoms with E-state index < -0.39 is 0 Å². The van der Waals surface area contributed by atoms with Gasteiger partial charge < -0.3 is 10.1 Å². The average molecular weight is 276 g/mol. The van der Waals surface area contributed by atoms with Gasteiger partial charge in [-0.15, -0.1) is 0 Å². The SMILES string of the molecule is COCCNCC(=O)c1c(Br)cnn1C. The molecule has 15 heavy (non-hydrogen) atoms. The zero-order chi connectivity index (χ0) is 11.3. The molecule has 0 saturated heterocycles. The van der Waals surface area contributed by atoms with Crippen molar-refractivity contribution in [2.45, 2.75) is 0 Å². The minimum absolute atomic E-state index is 0.0120. The van der Waals surface area contributed by atoms with Gasteiger partial charge in [-0.1, -0.05) is 0 Å². The molecule has 6 heteroatoms. The van der Waals surface area contributed by atoms with Crippen LogP contribution in [0, 0.1) is 0 Å². The summed E-state index contributed by atoms with van der Waals surface area (Å²) in [4.78, 5) is 11.7. The van der Waals surface area contributed by atoms with Crippen LogP contribution in [0.25, 0.3) is 0 Å². The average Bonchev–Trinajstić information content (AvgIpc) is 2.53. The van der Waals surface area contributed by atoms with E-state index in [-0.39, 0.29) is 5.78 Å². The number of nitrogens with zero attached hydrogens (tertiary/aromatic N) is 2. The van der Waals surface area contributed by atoms with E-state index in [4.69, 9.17) is 4.74 Å². The molecule has 0 atom stereocenters. The fourth-order valence-corrected chi connectivity index (χ4v) is 1.75. The smallest absolute Gasteiger partial charge is 0.195 e. The first-order valence-corrected chi connectivity index (χ1v) is 5.36. The van der Waals surface area contributed by atoms with Crippen molar-refractivity contribution in [3.63, 3.8) is 0 Å². The molecule has 0 aliphatic rings. The summed E-state index contributed by atoms with van der Waals surface area (Å²) >= 11 is 3.28. The van der Waals surface area contributed by atoms with Crippen LogP contribution in [0.1, 0.15) is 10.5 Å². The van der Waals surface area contributed by atoms with Crippen molar-refractivity contribution >= 4 is 21.7 Å². The van der Waals surface area contributed by atoms with Gasteiger partial charge in [0, 0.05) is 20.7 Å². The zero-order valence-corrected chi connectivity index (χ0v) is 10.4. The Labute approximate surface area is 96.9 Å². The Morgan fingerprint density at radius 2 is 2.47 bits per heavy atom. The highest BCUT2D eigenvalue weighted by atomic mass is 79.9. The second-order valence-electron chi connectivity index (χ2n) is 3.06. The summed E-state index contributed by atoms with van der Waals surface area (Å²) in [5.41, 5.74) is 0.583. The first kappa shape index (κ1) is 12.4. The van der Waals surface area contributed by atoms with Crippen molar-refractivity contribution in [1.29, 1.82) is 0 Å². The maximum absolute atomic E-state index is 11.7. The molecule has 0 aromatic carbocycles. The molecule has 0 fully saturated rings. The van der Waals surface area contributed by atoms with Crippen LogP contribution in [0.4, 0.5) is 0 Å². The molecular formula is C9H14BrN3O2. The molecule has 0 aliphatic carbocycles. The van der Waals surface area contributed by atoms with E-state index in [9.17, 15) is 4.79 Å². The normalized spacial score (nSPS) is 10.6. The van der Waals surface area contributed by atoms with Gasteiger partial charge in [-0.2, -0.15) is 5.10 Å². The molecule has 0 aliphatic heterocycles. The van der Waals surface area contributed by atoms with E-state index in [2.05, 4.69) is 26.3 Å². The molecule has 0 spiro atoms. The molecule has 1 N–H and O–H groups in total. The maximum Gasteiger partial charge on any atom is 0.195 e. The van der Waals surface area contributed by atoms with Gasteiger partial charge in [0.15, 0.2) is 5.78 Å². The van der Waals surface area contributed by atoms with Crippen molar-refractivity contribution in [2.24, 2.45) is 7.05 Å². The Hall–Kier alpha value is -0.720. The number of ether oxygens (including phenoxy) is 1. The number of carbonyl (C=O) groups excluding carboxylic acids is 1. The number of hydrogen-bond acceptors (Lipinski definition) is 4. The van der Waals surface area contributed by atoms with Gasteiger partial charge in [0.05, 0.1) is 23.8 Å². The number of aromatic nitrogens is 2. The summed E-state index contributed by atoms with van der Waals surface area (Å²) in [7, 11) is 3.37. The second-order valence-corrected chi connectivity index (χ2v) is 3.91. The lowest BCUT2D eigenvalue weighted by Crippen LogP contribution is -2.27. The Balaban J connectivity index is 2.47. The molecule has 0 unspecified atom stereocenters. The van der Waals surface area contributed by atoms with E-state index in [0.29, 0.717) is 25.4 Å². The quantitative estimate of drug-likeness (QED) is 0.610. The number of ketones is 1. The predicted octanol–water partition coefficient (Wildman–Crippen LogP) is 0.601. The van der Waals surface area contributed by atoms with Crippen LogP contribution >= 0.6 is 15.9 Å². The molecule has 5 nitrogen and oxygen atoms in total. The molecule has 1 rings (SSSR count). The Kier molecular flexibility index (Phi) is 4.93. The summed E-state index contributed by atoms with van der Waals surface area (Å²) in [6.45, 7) is 1.55. The molecule has 0 saturated carbocycles. The van der Waals surface area contributed by atoms with Crippen molar-refractivity contribution < 1.29 is 9.53 Å². The third-order valence-corrected chi connectivity index (χ3v) is 2.51. The van der Waals surface area contributed by atoms with Gasteiger partial charge in [0.2, 0.25) is 0 Å². The summed E-state index contributed by atoms with van der Waals surface area (Å²) in [6.07, 6.45) is 1.61. The lowest BCUT2D eigenvalue weighted by Gasteiger charge is -2.04. The largest absolute Gasteiger partial charge is 0.383 e. The summed E-state index contributed by atoms with van der Waals surface area (Å²) in [6, 6.07) is 0. The van der Waals surface area contributed by atoms with Crippen LogP contribution < -0.4 is 5.32 Å². The van der Waals surface area contributed by atoms with Crippen molar-refractivity contribution in [3.8, 4) is 0 Å². The van der Waals surface area contributed by atoms with Crippen LogP contribution in [0.2, 0.25) is 0 Å². The number of carbonyl (C=O) groups is 1. The monoisotopic (exact) mass is 275 g/mol. The van der Waals surface area contributed by atoms with E-state index >= 15 is 0 Å². The summed E-state index contributed by atoms with van der Waals surface area (Å²) < 4.78 is 7.15. The molecule has 84 valence electrons. The molecular weight excluding hydrogens is 262 g/mol. The minimum atomic E-state index is 0.0120. The lowest BCUT2D eigenvalue weighted by atomic mass is 10.3. The summed E-state index contributed by atoms with van der Waals surface area (Å²) in [5.74, 6) is 0.0120. The van der Waals surface area contributed by atoms with Gasteiger partial charge in [-0.3, -0.25) is 9.48 Å². The van der Waals surface area contributed by atoms with Gasteiger partial charge in [0.25, 0.3) is 0 Å². The van der Waals surface area contributed by atoms with Crippen LogP contribution in [0.15, 0.2) is 10.7 Å². The number of halogens is 1. The highest BCUT2D eigenvalue weighted by Crippen LogP contribution is 2.14.